The average molecular weight is 303 g/mol. The second kappa shape index (κ2) is 5.81. The van der Waals surface area contributed by atoms with Gasteiger partial charge in [0.15, 0.2) is 0 Å². The molecule has 2 aromatic heterocycles. The molecule has 1 aliphatic rings. The molecule has 0 fully saturated rings. The molecule has 5 nitrogen and oxygen atoms in total. The Morgan fingerprint density at radius 1 is 1.48 bits per heavy atom. The van der Waals surface area contributed by atoms with Gasteiger partial charge in [-0.15, -0.1) is 11.3 Å². The van der Waals surface area contributed by atoms with Gasteiger partial charge in [0, 0.05) is 37.2 Å². The van der Waals surface area contributed by atoms with Crippen molar-refractivity contribution in [3.05, 3.63) is 49.8 Å². The molecule has 1 aliphatic heterocycles. The van der Waals surface area contributed by atoms with E-state index in [9.17, 15) is 9.59 Å². The number of H-pyrrole nitrogens is 1. The van der Waals surface area contributed by atoms with Crippen molar-refractivity contribution in [1.29, 1.82) is 0 Å². The molecule has 0 spiro atoms. The molecule has 3 heterocycles. The summed E-state index contributed by atoms with van der Waals surface area (Å²) >= 11 is 1.61. The number of carbonyl (C=O) groups is 1. The third-order valence-corrected chi connectivity index (χ3v) is 4.56. The van der Waals surface area contributed by atoms with Gasteiger partial charge in [-0.1, -0.05) is 0 Å². The van der Waals surface area contributed by atoms with Gasteiger partial charge < -0.3 is 9.88 Å². The third-order valence-electron chi connectivity index (χ3n) is 3.73. The van der Waals surface area contributed by atoms with Crippen LogP contribution in [0.15, 0.2) is 22.4 Å². The maximum absolute atomic E-state index is 12.3. The summed E-state index contributed by atoms with van der Waals surface area (Å²) in [5, 5.41) is 3.05. The highest BCUT2D eigenvalue weighted by Gasteiger charge is 2.20. The van der Waals surface area contributed by atoms with E-state index in [2.05, 4.69) is 9.97 Å². The van der Waals surface area contributed by atoms with Crippen LogP contribution in [0.3, 0.4) is 0 Å². The van der Waals surface area contributed by atoms with Crippen molar-refractivity contribution in [1.82, 2.24) is 14.9 Å². The smallest absolute Gasteiger partial charge is 0.248 e. The summed E-state index contributed by atoms with van der Waals surface area (Å²) in [5.74, 6) is 0.150. The zero-order chi connectivity index (χ0) is 14.8. The molecule has 0 unspecified atom stereocenters. The molecule has 0 saturated carbocycles. The van der Waals surface area contributed by atoms with Crippen molar-refractivity contribution in [2.75, 3.05) is 6.54 Å². The van der Waals surface area contributed by atoms with Crippen LogP contribution in [-0.4, -0.2) is 27.3 Å². The summed E-state index contributed by atoms with van der Waals surface area (Å²) in [7, 11) is 0. The number of amides is 1. The number of fused-ring (bicyclic) bond motifs is 1. The number of thiazole rings is 1. The molecule has 0 saturated heterocycles. The fourth-order valence-electron chi connectivity index (χ4n) is 2.59. The molecule has 0 atom stereocenters. The number of nitrogens with zero attached hydrogens (tertiary/aromatic N) is 2. The Balaban J connectivity index is 1.61. The van der Waals surface area contributed by atoms with Crippen molar-refractivity contribution in [2.45, 2.75) is 32.7 Å². The molecule has 0 radical (unpaired) electrons. The van der Waals surface area contributed by atoms with Gasteiger partial charge in [-0.05, 0) is 30.9 Å². The Morgan fingerprint density at radius 3 is 3.10 bits per heavy atom. The zero-order valence-electron chi connectivity index (χ0n) is 11.9. The van der Waals surface area contributed by atoms with Gasteiger partial charge in [-0.2, -0.15) is 0 Å². The average Bonchev–Trinajstić information content (AvgIpc) is 2.90. The monoisotopic (exact) mass is 303 g/mol. The highest BCUT2D eigenvalue weighted by atomic mass is 32.1. The summed E-state index contributed by atoms with van der Waals surface area (Å²) in [5.41, 5.74) is 3.01. The van der Waals surface area contributed by atoms with Crippen LogP contribution in [0.4, 0.5) is 0 Å². The van der Waals surface area contributed by atoms with Crippen LogP contribution >= 0.6 is 11.3 Å². The Bertz CT molecular complexity index is 720. The van der Waals surface area contributed by atoms with Crippen molar-refractivity contribution in [3.8, 4) is 0 Å². The van der Waals surface area contributed by atoms with Gasteiger partial charge in [-0.25, -0.2) is 4.98 Å². The van der Waals surface area contributed by atoms with Crippen LogP contribution < -0.4 is 5.56 Å². The lowest BCUT2D eigenvalue weighted by Crippen LogP contribution is -2.36. The van der Waals surface area contributed by atoms with E-state index >= 15 is 0 Å². The molecule has 1 amide bonds. The fourth-order valence-corrected chi connectivity index (χ4v) is 3.24. The van der Waals surface area contributed by atoms with E-state index in [1.807, 2.05) is 17.2 Å². The maximum atomic E-state index is 12.3. The predicted molar refractivity (Wildman–Crippen MR) is 81.4 cm³/mol. The number of carbonyl (C=O) groups excluding carboxylic acids is 1. The molecule has 0 bridgehead atoms. The molecule has 2 aromatic rings. The van der Waals surface area contributed by atoms with Gasteiger partial charge in [-0.3, -0.25) is 9.59 Å². The number of aryl methyl sites for hydroxylation is 2. The SMILES string of the molecule is Cc1nc(CCC(=O)N2CCc3cc(=O)[nH]cc3C2)cs1. The lowest BCUT2D eigenvalue weighted by Gasteiger charge is -2.28. The lowest BCUT2D eigenvalue weighted by molar-refractivity contribution is -0.132. The van der Waals surface area contributed by atoms with Crippen LogP contribution in [0, 0.1) is 6.92 Å². The number of aromatic amines is 1. The van der Waals surface area contributed by atoms with Gasteiger partial charge >= 0.3 is 0 Å². The van der Waals surface area contributed by atoms with E-state index < -0.39 is 0 Å². The summed E-state index contributed by atoms with van der Waals surface area (Å²) < 4.78 is 0. The quantitative estimate of drug-likeness (QED) is 0.937. The van der Waals surface area contributed by atoms with Gasteiger partial charge in [0.1, 0.15) is 0 Å². The largest absolute Gasteiger partial charge is 0.338 e. The number of pyridine rings is 1. The van der Waals surface area contributed by atoms with Crippen LogP contribution in [0.25, 0.3) is 0 Å². The highest BCUT2D eigenvalue weighted by molar-refractivity contribution is 7.09. The van der Waals surface area contributed by atoms with Gasteiger partial charge in [0.2, 0.25) is 11.5 Å². The van der Waals surface area contributed by atoms with E-state index in [4.69, 9.17) is 0 Å². The number of nitrogens with one attached hydrogen (secondary N) is 1. The van der Waals surface area contributed by atoms with Crippen molar-refractivity contribution < 1.29 is 4.79 Å². The topological polar surface area (TPSA) is 66.1 Å². The first-order valence-corrected chi connectivity index (χ1v) is 7.89. The highest BCUT2D eigenvalue weighted by Crippen LogP contribution is 2.18. The second-order valence-electron chi connectivity index (χ2n) is 5.27. The van der Waals surface area contributed by atoms with Crippen LogP contribution in [0.1, 0.15) is 28.2 Å². The van der Waals surface area contributed by atoms with Crippen LogP contribution in [0.2, 0.25) is 0 Å². The van der Waals surface area contributed by atoms with E-state index in [1.54, 1.807) is 23.6 Å². The summed E-state index contributed by atoms with van der Waals surface area (Å²) in [4.78, 5) is 32.5. The number of rotatable bonds is 3. The Labute approximate surface area is 126 Å². The van der Waals surface area contributed by atoms with Crippen molar-refractivity contribution in [3.63, 3.8) is 0 Å². The number of hydrogen-bond donors (Lipinski definition) is 1. The molecule has 0 aromatic carbocycles. The standard InChI is InChI=1S/C15H17N3O2S/c1-10-17-13(9-21-10)2-3-15(20)18-5-4-11-6-14(19)16-7-12(11)8-18/h6-7,9H,2-5,8H2,1H3,(H,16,19). The van der Waals surface area contributed by atoms with E-state index in [0.717, 1.165) is 28.2 Å². The number of aromatic nitrogens is 2. The summed E-state index contributed by atoms with van der Waals surface area (Å²) in [6.07, 6.45) is 3.65. The molecule has 110 valence electrons. The molecule has 6 heteroatoms. The maximum Gasteiger partial charge on any atom is 0.248 e. The zero-order valence-corrected chi connectivity index (χ0v) is 12.7. The van der Waals surface area contributed by atoms with Crippen LogP contribution in [0.5, 0.6) is 0 Å². The minimum atomic E-state index is -0.0765. The first kappa shape index (κ1) is 14.0. The van der Waals surface area contributed by atoms with Gasteiger partial charge in [0.25, 0.3) is 0 Å². The molecule has 1 N–H and O–H groups in total. The first-order valence-electron chi connectivity index (χ1n) is 7.01. The minimum absolute atomic E-state index is 0.0765. The van der Waals surface area contributed by atoms with Crippen LogP contribution in [-0.2, 0) is 24.2 Å². The normalized spacial score (nSPS) is 14.0. The Kier molecular flexibility index (Phi) is 3.88. The summed E-state index contributed by atoms with van der Waals surface area (Å²) in [6.45, 7) is 3.24. The predicted octanol–water partition coefficient (Wildman–Crippen LogP) is 1.66. The summed E-state index contributed by atoms with van der Waals surface area (Å²) in [6, 6.07) is 1.63. The Morgan fingerprint density at radius 2 is 2.33 bits per heavy atom. The molecular formula is C15H17N3O2S. The minimum Gasteiger partial charge on any atom is -0.338 e. The van der Waals surface area contributed by atoms with E-state index in [1.165, 1.54) is 0 Å². The molecule has 0 aliphatic carbocycles. The van der Waals surface area contributed by atoms with Crippen molar-refractivity contribution in [2.24, 2.45) is 0 Å². The van der Waals surface area contributed by atoms with Crippen molar-refractivity contribution >= 4 is 17.2 Å². The van der Waals surface area contributed by atoms with E-state index in [0.29, 0.717) is 25.9 Å². The number of hydrogen-bond acceptors (Lipinski definition) is 4. The lowest BCUT2D eigenvalue weighted by atomic mass is 10.0. The molecule has 3 rings (SSSR count). The molecular weight excluding hydrogens is 286 g/mol. The van der Waals surface area contributed by atoms with E-state index in [-0.39, 0.29) is 11.5 Å². The first-order chi connectivity index (χ1) is 10.1. The second-order valence-corrected chi connectivity index (χ2v) is 6.33. The Hall–Kier alpha value is -1.95. The molecule has 21 heavy (non-hydrogen) atoms. The fraction of sp³-hybridized carbons (Fsp3) is 0.400. The third kappa shape index (κ3) is 3.21. The van der Waals surface area contributed by atoms with Gasteiger partial charge in [0.05, 0.1) is 10.7 Å².